The van der Waals surface area contributed by atoms with Gasteiger partial charge in [0, 0.05) is 23.7 Å². The van der Waals surface area contributed by atoms with Crippen LogP contribution in [0.5, 0.6) is 17.2 Å². The monoisotopic (exact) mass is 471 g/mol. The van der Waals surface area contributed by atoms with Gasteiger partial charge in [-0.05, 0) is 43.0 Å². The van der Waals surface area contributed by atoms with Crippen LogP contribution in [0.1, 0.15) is 24.5 Å². The van der Waals surface area contributed by atoms with Gasteiger partial charge in [-0.25, -0.2) is 4.39 Å². The standard InChI is InChI=1S/C22H22FN5O4S/c1-29-16-7-6-13(23)20(31-3)21(16)33-28-22-12-8-18(30-2)15(9-17(12)32-27-22)24-19-10-14(25-26-19)11-4-5-11/h6-11H,4-5H2,1-3H3,(H,27,28)(H2,24,25,26). The van der Waals surface area contributed by atoms with E-state index in [4.69, 9.17) is 18.7 Å². The molecule has 172 valence electrons. The molecule has 11 heteroatoms. The number of methoxy groups -OCH3 is 3. The Morgan fingerprint density at radius 2 is 1.91 bits per heavy atom. The normalized spacial score (nSPS) is 13.2. The molecule has 9 nitrogen and oxygen atoms in total. The van der Waals surface area contributed by atoms with E-state index in [2.05, 4.69) is 25.4 Å². The maximum Gasteiger partial charge on any atom is 0.187 e. The van der Waals surface area contributed by atoms with Gasteiger partial charge in [-0.15, -0.1) is 0 Å². The maximum absolute atomic E-state index is 14.2. The summed E-state index contributed by atoms with van der Waals surface area (Å²) >= 11 is 1.11. The molecule has 1 fully saturated rings. The molecule has 0 saturated heterocycles. The molecule has 0 bridgehead atoms. The average Bonchev–Trinajstić information content (AvgIpc) is 3.45. The van der Waals surface area contributed by atoms with Gasteiger partial charge in [0.2, 0.25) is 0 Å². The molecule has 0 spiro atoms. The largest absolute Gasteiger partial charge is 0.495 e. The number of aromatic amines is 1. The molecule has 0 atom stereocenters. The van der Waals surface area contributed by atoms with Gasteiger partial charge in [0.05, 0.1) is 32.4 Å². The van der Waals surface area contributed by atoms with E-state index in [9.17, 15) is 4.39 Å². The first-order valence-electron chi connectivity index (χ1n) is 10.2. The van der Waals surface area contributed by atoms with Crippen molar-refractivity contribution in [2.24, 2.45) is 0 Å². The van der Waals surface area contributed by atoms with Crippen LogP contribution in [0.2, 0.25) is 0 Å². The number of halogens is 1. The van der Waals surface area contributed by atoms with Crippen LogP contribution in [-0.4, -0.2) is 36.7 Å². The number of ether oxygens (including phenoxy) is 3. The van der Waals surface area contributed by atoms with Crippen LogP contribution in [0.15, 0.2) is 39.8 Å². The number of nitrogens with zero attached hydrogens (tertiary/aromatic N) is 2. The third kappa shape index (κ3) is 4.11. The van der Waals surface area contributed by atoms with Crippen LogP contribution in [0.4, 0.5) is 21.7 Å². The van der Waals surface area contributed by atoms with Crippen molar-refractivity contribution in [2.75, 3.05) is 31.4 Å². The lowest BCUT2D eigenvalue weighted by molar-refractivity contribution is 0.357. The predicted octanol–water partition coefficient (Wildman–Crippen LogP) is 5.46. The minimum Gasteiger partial charge on any atom is -0.495 e. The van der Waals surface area contributed by atoms with Gasteiger partial charge in [0.1, 0.15) is 16.4 Å². The van der Waals surface area contributed by atoms with Gasteiger partial charge in [0.25, 0.3) is 0 Å². The molecule has 2 heterocycles. The first-order chi connectivity index (χ1) is 16.1. The zero-order valence-corrected chi connectivity index (χ0v) is 19.0. The molecular weight excluding hydrogens is 449 g/mol. The fourth-order valence-electron chi connectivity index (χ4n) is 3.51. The molecule has 1 aliphatic carbocycles. The Labute approximate surface area is 193 Å². The summed E-state index contributed by atoms with van der Waals surface area (Å²) in [6.07, 6.45) is 2.38. The molecule has 3 N–H and O–H groups in total. The summed E-state index contributed by atoms with van der Waals surface area (Å²) in [5.41, 5.74) is 2.36. The first-order valence-corrected chi connectivity index (χ1v) is 11.1. The Balaban J connectivity index is 1.41. The van der Waals surface area contributed by atoms with E-state index in [0.29, 0.717) is 50.6 Å². The number of hydrogen-bond donors (Lipinski definition) is 3. The zero-order valence-electron chi connectivity index (χ0n) is 18.2. The minimum atomic E-state index is -0.492. The molecule has 0 radical (unpaired) electrons. The fraction of sp³-hybridized carbons (Fsp3) is 0.273. The van der Waals surface area contributed by atoms with E-state index in [0.717, 1.165) is 17.6 Å². The number of hydrogen-bond acceptors (Lipinski definition) is 9. The van der Waals surface area contributed by atoms with Crippen molar-refractivity contribution in [3.63, 3.8) is 0 Å². The van der Waals surface area contributed by atoms with Gasteiger partial charge >= 0.3 is 0 Å². The molecule has 0 amide bonds. The molecule has 2 aromatic heterocycles. The van der Waals surface area contributed by atoms with Crippen LogP contribution >= 0.6 is 11.9 Å². The molecule has 1 aliphatic rings. The van der Waals surface area contributed by atoms with E-state index in [1.165, 1.54) is 39.2 Å². The third-order valence-electron chi connectivity index (χ3n) is 5.37. The zero-order chi connectivity index (χ0) is 22.9. The predicted molar refractivity (Wildman–Crippen MR) is 123 cm³/mol. The molecule has 33 heavy (non-hydrogen) atoms. The van der Waals surface area contributed by atoms with E-state index >= 15 is 0 Å². The second kappa shape index (κ2) is 8.74. The van der Waals surface area contributed by atoms with E-state index in [1.54, 1.807) is 13.2 Å². The lowest BCUT2D eigenvalue weighted by atomic mass is 10.2. The summed E-state index contributed by atoms with van der Waals surface area (Å²) in [5, 5.41) is 15.5. The van der Waals surface area contributed by atoms with Gasteiger partial charge in [0.15, 0.2) is 28.8 Å². The molecule has 2 aromatic carbocycles. The van der Waals surface area contributed by atoms with Gasteiger partial charge < -0.3 is 28.8 Å². The quantitative estimate of drug-likeness (QED) is 0.274. The summed E-state index contributed by atoms with van der Waals surface area (Å²) in [6, 6.07) is 8.44. The number of fused-ring (bicyclic) bond motifs is 1. The van der Waals surface area contributed by atoms with Gasteiger partial charge in [-0.3, -0.25) is 5.10 Å². The van der Waals surface area contributed by atoms with Gasteiger partial charge in [-0.2, -0.15) is 5.10 Å². The molecule has 4 aromatic rings. The summed E-state index contributed by atoms with van der Waals surface area (Å²) in [6.45, 7) is 0. The molecule has 0 aliphatic heterocycles. The Kier molecular flexibility index (Phi) is 5.63. The summed E-state index contributed by atoms with van der Waals surface area (Å²) in [4.78, 5) is 0.450. The van der Waals surface area contributed by atoms with Crippen LogP contribution in [-0.2, 0) is 0 Å². The molecule has 5 rings (SSSR count). The smallest absolute Gasteiger partial charge is 0.187 e. The molecular formula is C22H22FN5O4S. The van der Waals surface area contributed by atoms with E-state index in [-0.39, 0.29) is 5.75 Å². The van der Waals surface area contributed by atoms with Crippen LogP contribution in [0.25, 0.3) is 11.0 Å². The van der Waals surface area contributed by atoms with E-state index < -0.39 is 5.82 Å². The number of aromatic nitrogens is 3. The molecule has 1 saturated carbocycles. The van der Waals surface area contributed by atoms with Crippen LogP contribution in [0.3, 0.4) is 0 Å². The fourth-order valence-corrected chi connectivity index (χ4v) is 4.39. The highest BCUT2D eigenvalue weighted by Gasteiger charge is 2.26. The van der Waals surface area contributed by atoms with Crippen molar-refractivity contribution in [3.8, 4) is 17.2 Å². The summed E-state index contributed by atoms with van der Waals surface area (Å²) in [7, 11) is 4.50. The minimum absolute atomic E-state index is 0.0771. The number of rotatable bonds is 9. The summed E-state index contributed by atoms with van der Waals surface area (Å²) in [5.74, 6) is 2.37. The van der Waals surface area contributed by atoms with Crippen molar-refractivity contribution in [2.45, 2.75) is 23.7 Å². The Morgan fingerprint density at radius 1 is 1.09 bits per heavy atom. The molecule has 0 unspecified atom stereocenters. The number of anilines is 3. The Morgan fingerprint density at radius 3 is 2.64 bits per heavy atom. The summed E-state index contributed by atoms with van der Waals surface area (Å²) < 4.78 is 38.9. The Bertz CT molecular complexity index is 1300. The van der Waals surface area contributed by atoms with Crippen molar-refractivity contribution < 1.29 is 23.1 Å². The third-order valence-corrected chi connectivity index (χ3v) is 6.26. The second-order valence-corrected chi connectivity index (χ2v) is 8.32. The topological polar surface area (TPSA) is 106 Å². The van der Waals surface area contributed by atoms with Crippen molar-refractivity contribution >= 4 is 40.2 Å². The number of H-pyrrole nitrogens is 1. The van der Waals surface area contributed by atoms with E-state index in [1.807, 2.05) is 12.1 Å². The first kappa shape index (κ1) is 21.3. The highest BCUT2D eigenvalue weighted by atomic mass is 32.2. The second-order valence-electron chi connectivity index (χ2n) is 7.50. The van der Waals surface area contributed by atoms with Crippen molar-refractivity contribution in [3.05, 3.63) is 41.8 Å². The lowest BCUT2D eigenvalue weighted by Crippen LogP contribution is -1.98. The SMILES string of the molecule is COc1cc2c(NSc3c(OC)ccc(F)c3OC)noc2cc1Nc1cc(C2CC2)[nH]n1. The van der Waals surface area contributed by atoms with Crippen LogP contribution in [0, 0.1) is 5.82 Å². The maximum atomic E-state index is 14.2. The number of nitrogens with one attached hydrogen (secondary N) is 3. The number of benzene rings is 2. The highest BCUT2D eigenvalue weighted by Crippen LogP contribution is 2.42. The highest BCUT2D eigenvalue weighted by molar-refractivity contribution is 8.00. The Hall–Kier alpha value is -3.60. The average molecular weight is 472 g/mol. The van der Waals surface area contributed by atoms with Gasteiger partial charge in [-0.1, -0.05) is 5.16 Å². The lowest BCUT2D eigenvalue weighted by Gasteiger charge is -2.13. The van der Waals surface area contributed by atoms with Crippen LogP contribution < -0.4 is 24.2 Å². The van der Waals surface area contributed by atoms with Crippen molar-refractivity contribution in [1.82, 2.24) is 15.4 Å². The van der Waals surface area contributed by atoms with Crippen molar-refractivity contribution in [1.29, 1.82) is 0 Å².